The third-order valence-electron chi connectivity index (χ3n) is 2.31. The van der Waals surface area contributed by atoms with E-state index in [1.54, 1.807) is 0 Å². The van der Waals surface area contributed by atoms with E-state index in [2.05, 4.69) is 5.32 Å². The zero-order valence-corrected chi connectivity index (χ0v) is 8.46. The second-order valence-corrected chi connectivity index (χ2v) is 4.76. The van der Waals surface area contributed by atoms with E-state index < -0.39 is 0 Å². The van der Waals surface area contributed by atoms with Crippen molar-refractivity contribution in [2.24, 2.45) is 11.3 Å². The monoisotopic (exact) mass is 183 g/mol. The van der Waals surface area contributed by atoms with Crippen LogP contribution in [0.5, 0.6) is 0 Å². The summed E-state index contributed by atoms with van der Waals surface area (Å²) in [6.45, 7) is 5.83. The number of aldehydes is 1. The number of hydrogen-bond acceptors (Lipinski definition) is 2. The lowest BCUT2D eigenvalue weighted by Crippen LogP contribution is -2.45. The molecule has 13 heavy (non-hydrogen) atoms. The third kappa shape index (κ3) is 2.83. The molecular formula is C10H17NO2. The van der Waals surface area contributed by atoms with Crippen LogP contribution in [0.4, 0.5) is 0 Å². The van der Waals surface area contributed by atoms with E-state index >= 15 is 0 Å². The fourth-order valence-corrected chi connectivity index (χ4v) is 1.07. The summed E-state index contributed by atoms with van der Waals surface area (Å²) in [5.41, 5.74) is -0.188. The van der Waals surface area contributed by atoms with Crippen LogP contribution >= 0.6 is 0 Å². The third-order valence-corrected chi connectivity index (χ3v) is 2.31. The molecule has 0 saturated heterocycles. The highest BCUT2D eigenvalue weighted by molar-refractivity contribution is 5.83. The second-order valence-electron chi connectivity index (χ2n) is 4.76. The molecule has 1 rings (SSSR count). The first-order chi connectivity index (χ1) is 5.95. The lowest BCUT2D eigenvalue weighted by molar-refractivity contribution is -0.126. The van der Waals surface area contributed by atoms with Gasteiger partial charge in [-0.1, -0.05) is 20.8 Å². The molecule has 0 aromatic carbocycles. The van der Waals surface area contributed by atoms with Crippen molar-refractivity contribution in [1.82, 2.24) is 5.32 Å². The molecule has 1 aliphatic carbocycles. The van der Waals surface area contributed by atoms with E-state index in [0.29, 0.717) is 0 Å². The zero-order valence-electron chi connectivity index (χ0n) is 8.46. The van der Waals surface area contributed by atoms with Gasteiger partial charge in [-0.25, -0.2) is 0 Å². The molecule has 0 bridgehead atoms. The molecule has 1 saturated carbocycles. The van der Waals surface area contributed by atoms with Gasteiger partial charge in [0.05, 0.1) is 6.04 Å². The lowest BCUT2D eigenvalue weighted by atomic mass is 9.87. The second kappa shape index (κ2) is 3.48. The SMILES string of the molecule is CC(C)(C)C(C=O)NC(=O)C1CC1. The van der Waals surface area contributed by atoms with Crippen molar-refractivity contribution in [2.45, 2.75) is 39.7 Å². The summed E-state index contributed by atoms with van der Waals surface area (Å²) < 4.78 is 0. The van der Waals surface area contributed by atoms with E-state index in [9.17, 15) is 9.59 Å². The molecule has 0 aromatic heterocycles. The van der Waals surface area contributed by atoms with Gasteiger partial charge in [-0.2, -0.15) is 0 Å². The summed E-state index contributed by atoms with van der Waals surface area (Å²) in [5, 5.41) is 2.76. The molecule has 1 amide bonds. The average Bonchev–Trinajstić information content (AvgIpc) is 2.78. The van der Waals surface area contributed by atoms with Gasteiger partial charge >= 0.3 is 0 Å². The van der Waals surface area contributed by atoms with Gasteiger partial charge in [0, 0.05) is 5.92 Å². The van der Waals surface area contributed by atoms with Crippen LogP contribution in [0, 0.1) is 11.3 Å². The van der Waals surface area contributed by atoms with Crippen molar-refractivity contribution in [3.8, 4) is 0 Å². The molecule has 3 nitrogen and oxygen atoms in total. The highest BCUT2D eigenvalue weighted by atomic mass is 16.2. The Morgan fingerprint density at radius 3 is 2.31 bits per heavy atom. The molecule has 1 N–H and O–H groups in total. The number of amides is 1. The fraction of sp³-hybridized carbons (Fsp3) is 0.800. The van der Waals surface area contributed by atoms with Crippen molar-refractivity contribution in [2.75, 3.05) is 0 Å². The molecule has 1 fully saturated rings. The van der Waals surface area contributed by atoms with E-state index in [1.165, 1.54) is 0 Å². The summed E-state index contributed by atoms with van der Waals surface area (Å²) in [6.07, 6.45) is 2.77. The van der Waals surface area contributed by atoms with Gasteiger partial charge in [0.25, 0.3) is 0 Å². The number of nitrogens with one attached hydrogen (secondary N) is 1. The van der Waals surface area contributed by atoms with Crippen LogP contribution in [0.3, 0.4) is 0 Å². The Morgan fingerprint density at radius 2 is 2.00 bits per heavy atom. The van der Waals surface area contributed by atoms with Crippen molar-refractivity contribution < 1.29 is 9.59 Å². The van der Waals surface area contributed by atoms with Gasteiger partial charge in [-0.15, -0.1) is 0 Å². The molecule has 0 aromatic rings. The molecule has 0 heterocycles. The summed E-state index contributed by atoms with van der Waals surface area (Å²) >= 11 is 0. The Kier molecular flexibility index (Phi) is 2.74. The minimum atomic E-state index is -0.361. The van der Waals surface area contributed by atoms with Crippen LogP contribution in [0.15, 0.2) is 0 Å². The Bertz CT molecular complexity index is 213. The zero-order chi connectivity index (χ0) is 10.1. The van der Waals surface area contributed by atoms with E-state index in [0.717, 1.165) is 19.1 Å². The van der Waals surface area contributed by atoms with Gasteiger partial charge < -0.3 is 10.1 Å². The first kappa shape index (κ1) is 10.2. The molecule has 1 atom stereocenters. The van der Waals surface area contributed by atoms with Crippen LogP contribution in [-0.4, -0.2) is 18.2 Å². The summed E-state index contributed by atoms with van der Waals surface area (Å²) in [4.78, 5) is 22.1. The summed E-state index contributed by atoms with van der Waals surface area (Å²) in [5.74, 6) is 0.205. The normalized spacial score (nSPS) is 19.3. The predicted octanol–water partition coefficient (Wildman–Crippen LogP) is 1.13. The smallest absolute Gasteiger partial charge is 0.223 e. The molecule has 74 valence electrons. The van der Waals surface area contributed by atoms with Gasteiger partial charge in [0.1, 0.15) is 6.29 Å². The number of rotatable bonds is 3. The van der Waals surface area contributed by atoms with Gasteiger partial charge in [-0.05, 0) is 18.3 Å². The molecule has 0 spiro atoms. The maximum atomic E-state index is 11.4. The average molecular weight is 183 g/mol. The van der Waals surface area contributed by atoms with Crippen LogP contribution in [0.25, 0.3) is 0 Å². The van der Waals surface area contributed by atoms with Crippen molar-refractivity contribution in [3.05, 3.63) is 0 Å². The maximum absolute atomic E-state index is 11.4. The first-order valence-electron chi connectivity index (χ1n) is 4.71. The van der Waals surface area contributed by atoms with Gasteiger partial charge in [0.2, 0.25) is 5.91 Å². The summed E-state index contributed by atoms with van der Waals surface area (Å²) in [6, 6.07) is -0.361. The maximum Gasteiger partial charge on any atom is 0.223 e. The van der Waals surface area contributed by atoms with Crippen LogP contribution in [0.2, 0.25) is 0 Å². The van der Waals surface area contributed by atoms with Gasteiger partial charge in [-0.3, -0.25) is 4.79 Å². The number of hydrogen-bond donors (Lipinski definition) is 1. The standard InChI is InChI=1S/C10H17NO2/c1-10(2,3)8(6-12)11-9(13)7-4-5-7/h6-8H,4-5H2,1-3H3,(H,11,13). The van der Waals surface area contributed by atoms with Crippen molar-refractivity contribution in [3.63, 3.8) is 0 Å². The predicted molar refractivity (Wildman–Crippen MR) is 50.2 cm³/mol. The van der Waals surface area contributed by atoms with E-state index in [1.807, 2.05) is 20.8 Å². The summed E-state index contributed by atoms with van der Waals surface area (Å²) in [7, 11) is 0. The molecule has 0 aliphatic heterocycles. The molecular weight excluding hydrogens is 166 g/mol. The number of carbonyl (C=O) groups excluding carboxylic acids is 2. The minimum Gasteiger partial charge on any atom is -0.346 e. The fourth-order valence-electron chi connectivity index (χ4n) is 1.07. The Morgan fingerprint density at radius 1 is 1.46 bits per heavy atom. The Labute approximate surface area is 78.9 Å². The topological polar surface area (TPSA) is 46.2 Å². The van der Waals surface area contributed by atoms with Crippen LogP contribution in [0.1, 0.15) is 33.6 Å². The van der Waals surface area contributed by atoms with Crippen molar-refractivity contribution in [1.29, 1.82) is 0 Å². The van der Waals surface area contributed by atoms with E-state index in [-0.39, 0.29) is 23.3 Å². The number of carbonyl (C=O) groups is 2. The quantitative estimate of drug-likeness (QED) is 0.666. The highest BCUT2D eigenvalue weighted by Gasteiger charge is 2.33. The first-order valence-corrected chi connectivity index (χ1v) is 4.71. The Hall–Kier alpha value is -0.860. The molecule has 3 heteroatoms. The lowest BCUT2D eigenvalue weighted by Gasteiger charge is -2.26. The highest BCUT2D eigenvalue weighted by Crippen LogP contribution is 2.29. The Balaban J connectivity index is 2.48. The van der Waals surface area contributed by atoms with E-state index in [4.69, 9.17) is 0 Å². The largest absolute Gasteiger partial charge is 0.346 e. The minimum absolute atomic E-state index is 0.0343. The van der Waals surface area contributed by atoms with Crippen LogP contribution in [-0.2, 0) is 9.59 Å². The molecule has 1 aliphatic rings. The van der Waals surface area contributed by atoms with Crippen LogP contribution < -0.4 is 5.32 Å². The molecule has 1 unspecified atom stereocenters. The van der Waals surface area contributed by atoms with Gasteiger partial charge in [0.15, 0.2) is 0 Å². The molecule has 0 radical (unpaired) electrons. The van der Waals surface area contributed by atoms with Crippen molar-refractivity contribution >= 4 is 12.2 Å².